The van der Waals surface area contributed by atoms with Crippen molar-refractivity contribution in [2.24, 2.45) is 0 Å². The SMILES string of the molecule is CC(C)(C)NC(=O)C1CCCN1C(=O)Nc1ccccc1Cl. The van der Waals surface area contributed by atoms with Crippen LogP contribution in [0.4, 0.5) is 10.5 Å². The molecule has 1 unspecified atom stereocenters. The predicted octanol–water partition coefficient (Wildman–Crippen LogP) is 3.25. The lowest BCUT2D eigenvalue weighted by Crippen LogP contribution is -2.52. The van der Waals surface area contributed by atoms with Gasteiger partial charge < -0.3 is 15.5 Å². The molecule has 5 nitrogen and oxygen atoms in total. The van der Waals surface area contributed by atoms with E-state index in [4.69, 9.17) is 11.6 Å². The number of carbonyl (C=O) groups excluding carboxylic acids is 2. The molecule has 1 saturated heterocycles. The van der Waals surface area contributed by atoms with Crippen molar-refractivity contribution in [3.05, 3.63) is 29.3 Å². The number of para-hydroxylation sites is 1. The highest BCUT2D eigenvalue weighted by Crippen LogP contribution is 2.23. The highest BCUT2D eigenvalue weighted by atomic mass is 35.5. The van der Waals surface area contributed by atoms with Gasteiger partial charge in [0.05, 0.1) is 10.7 Å². The zero-order valence-electron chi connectivity index (χ0n) is 13.1. The molecule has 0 bridgehead atoms. The van der Waals surface area contributed by atoms with Crippen molar-refractivity contribution in [3.63, 3.8) is 0 Å². The largest absolute Gasteiger partial charge is 0.350 e. The Labute approximate surface area is 136 Å². The van der Waals surface area contributed by atoms with E-state index in [0.29, 0.717) is 23.7 Å². The zero-order chi connectivity index (χ0) is 16.3. The van der Waals surface area contributed by atoms with Crippen molar-refractivity contribution in [2.75, 3.05) is 11.9 Å². The van der Waals surface area contributed by atoms with Gasteiger partial charge in [0.25, 0.3) is 0 Å². The van der Waals surface area contributed by atoms with Gasteiger partial charge in [-0.15, -0.1) is 0 Å². The van der Waals surface area contributed by atoms with Crippen LogP contribution >= 0.6 is 11.6 Å². The van der Waals surface area contributed by atoms with Crippen molar-refractivity contribution in [3.8, 4) is 0 Å². The molecule has 0 aliphatic carbocycles. The third-order valence-corrected chi connectivity index (χ3v) is 3.76. The fourth-order valence-corrected chi connectivity index (χ4v) is 2.67. The van der Waals surface area contributed by atoms with E-state index in [1.165, 1.54) is 0 Å². The average Bonchev–Trinajstić information content (AvgIpc) is 2.89. The Morgan fingerprint density at radius 2 is 1.95 bits per heavy atom. The van der Waals surface area contributed by atoms with Gasteiger partial charge in [-0.1, -0.05) is 23.7 Å². The third-order valence-electron chi connectivity index (χ3n) is 3.43. The second-order valence-corrected chi connectivity index (χ2v) is 6.91. The first kappa shape index (κ1) is 16.6. The summed E-state index contributed by atoms with van der Waals surface area (Å²) in [7, 11) is 0. The number of hydrogen-bond donors (Lipinski definition) is 2. The van der Waals surface area contributed by atoms with Crippen LogP contribution in [0.15, 0.2) is 24.3 Å². The summed E-state index contributed by atoms with van der Waals surface area (Å²) in [5.41, 5.74) is 0.237. The summed E-state index contributed by atoms with van der Waals surface area (Å²) in [5, 5.41) is 6.19. The number of likely N-dealkylation sites (tertiary alicyclic amines) is 1. The molecule has 22 heavy (non-hydrogen) atoms. The Balaban J connectivity index is 2.05. The van der Waals surface area contributed by atoms with Crippen LogP contribution in [-0.2, 0) is 4.79 Å². The molecule has 1 atom stereocenters. The van der Waals surface area contributed by atoms with Gasteiger partial charge in [-0.05, 0) is 45.7 Å². The van der Waals surface area contributed by atoms with E-state index in [2.05, 4.69) is 10.6 Å². The van der Waals surface area contributed by atoms with Crippen LogP contribution in [0.25, 0.3) is 0 Å². The maximum atomic E-state index is 12.4. The van der Waals surface area contributed by atoms with E-state index < -0.39 is 6.04 Å². The molecule has 1 aromatic rings. The van der Waals surface area contributed by atoms with E-state index in [-0.39, 0.29) is 17.5 Å². The van der Waals surface area contributed by atoms with Gasteiger partial charge in [-0.2, -0.15) is 0 Å². The number of carbonyl (C=O) groups is 2. The average molecular weight is 324 g/mol. The molecule has 120 valence electrons. The summed E-state index contributed by atoms with van der Waals surface area (Å²) >= 11 is 6.05. The fraction of sp³-hybridized carbons (Fsp3) is 0.500. The first-order chi connectivity index (χ1) is 10.3. The Morgan fingerprint density at radius 3 is 2.59 bits per heavy atom. The molecule has 1 aliphatic heterocycles. The molecule has 6 heteroatoms. The van der Waals surface area contributed by atoms with Crippen LogP contribution in [0.2, 0.25) is 5.02 Å². The second-order valence-electron chi connectivity index (χ2n) is 6.50. The van der Waals surface area contributed by atoms with E-state index in [9.17, 15) is 9.59 Å². The maximum absolute atomic E-state index is 12.4. The molecule has 0 saturated carbocycles. The van der Waals surface area contributed by atoms with Gasteiger partial charge in [-0.3, -0.25) is 4.79 Å². The molecule has 0 aromatic heterocycles. The highest BCUT2D eigenvalue weighted by molar-refractivity contribution is 6.33. The number of amides is 3. The van der Waals surface area contributed by atoms with Crippen LogP contribution < -0.4 is 10.6 Å². The Bertz CT molecular complexity index is 569. The van der Waals surface area contributed by atoms with E-state index in [0.717, 1.165) is 6.42 Å². The van der Waals surface area contributed by atoms with Gasteiger partial charge in [0.2, 0.25) is 5.91 Å². The Hall–Kier alpha value is -1.75. The number of nitrogens with one attached hydrogen (secondary N) is 2. The number of hydrogen-bond acceptors (Lipinski definition) is 2. The predicted molar refractivity (Wildman–Crippen MR) is 88.1 cm³/mol. The summed E-state index contributed by atoms with van der Waals surface area (Å²) < 4.78 is 0. The summed E-state index contributed by atoms with van der Waals surface area (Å²) in [6.07, 6.45) is 1.50. The van der Waals surface area contributed by atoms with Gasteiger partial charge in [0, 0.05) is 12.1 Å². The standard InChI is InChI=1S/C16H22ClN3O2/c1-16(2,3)19-14(21)13-9-6-10-20(13)15(22)18-12-8-5-4-7-11(12)17/h4-5,7-8,13H,6,9-10H2,1-3H3,(H,18,22)(H,19,21). The van der Waals surface area contributed by atoms with Gasteiger partial charge >= 0.3 is 6.03 Å². The number of halogens is 1. The molecule has 1 aliphatic rings. The Morgan fingerprint density at radius 1 is 1.27 bits per heavy atom. The normalized spacial score (nSPS) is 18.2. The summed E-state index contributed by atoms with van der Waals surface area (Å²) in [4.78, 5) is 26.3. The quantitative estimate of drug-likeness (QED) is 0.877. The zero-order valence-corrected chi connectivity index (χ0v) is 13.9. The van der Waals surface area contributed by atoms with Crippen molar-refractivity contribution in [1.29, 1.82) is 0 Å². The molecular formula is C16H22ClN3O2. The molecular weight excluding hydrogens is 302 g/mol. The topological polar surface area (TPSA) is 61.4 Å². The van der Waals surface area contributed by atoms with Crippen LogP contribution in [-0.4, -0.2) is 35.0 Å². The van der Waals surface area contributed by atoms with Gasteiger partial charge in [0.15, 0.2) is 0 Å². The molecule has 0 radical (unpaired) electrons. The fourth-order valence-electron chi connectivity index (χ4n) is 2.48. The molecule has 1 heterocycles. The lowest BCUT2D eigenvalue weighted by atomic mass is 10.1. The number of urea groups is 1. The first-order valence-corrected chi connectivity index (χ1v) is 7.80. The van der Waals surface area contributed by atoms with Crippen molar-refractivity contribution in [1.82, 2.24) is 10.2 Å². The van der Waals surface area contributed by atoms with E-state index in [1.54, 1.807) is 29.2 Å². The van der Waals surface area contributed by atoms with Crippen LogP contribution in [0.5, 0.6) is 0 Å². The van der Waals surface area contributed by atoms with Crippen LogP contribution in [0.3, 0.4) is 0 Å². The van der Waals surface area contributed by atoms with E-state index >= 15 is 0 Å². The molecule has 2 N–H and O–H groups in total. The van der Waals surface area contributed by atoms with Crippen molar-refractivity contribution >= 4 is 29.2 Å². The summed E-state index contributed by atoms with van der Waals surface area (Å²) in [5.74, 6) is -0.112. The number of benzene rings is 1. The van der Waals surface area contributed by atoms with Crippen molar-refractivity contribution < 1.29 is 9.59 Å². The molecule has 2 rings (SSSR count). The maximum Gasteiger partial charge on any atom is 0.322 e. The lowest BCUT2D eigenvalue weighted by Gasteiger charge is -2.28. The van der Waals surface area contributed by atoms with Gasteiger partial charge in [-0.25, -0.2) is 4.79 Å². The minimum absolute atomic E-state index is 0.112. The summed E-state index contributed by atoms with van der Waals surface area (Å²) in [6, 6.07) is 6.33. The smallest absolute Gasteiger partial charge is 0.322 e. The first-order valence-electron chi connectivity index (χ1n) is 7.42. The van der Waals surface area contributed by atoms with E-state index in [1.807, 2.05) is 20.8 Å². The number of nitrogens with zero attached hydrogens (tertiary/aromatic N) is 1. The summed E-state index contributed by atoms with van der Waals surface area (Å²) in [6.45, 7) is 6.34. The van der Waals surface area contributed by atoms with Crippen molar-refractivity contribution in [2.45, 2.75) is 45.2 Å². The molecule has 0 spiro atoms. The minimum atomic E-state index is -0.429. The molecule has 1 fully saturated rings. The Kier molecular flexibility index (Phi) is 4.96. The number of rotatable bonds is 2. The number of anilines is 1. The minimum Gasteiger partial charge on any atom is -0.350 e. The van der Waals surface area contributed by atoms with Crippen LogP contribution in [0, 0.1) is 0 Å². The second kappa shape index (κ2) is 6.57. The molecule has 3 amide bonds. The highest BCUT2D eigenvalue weighted by Gasteiger charge is 2.35. The lowest BCUT2D eigenvalue weighted by molar-refractivity contribution is -0.126. The monoisotopic (exact) mass is 323 g/mol. The third kappa shape index (κ3) is 4.13. The molecule has 1 aromatic carbocycles. The van der Waals surface area contributed by atoms with Crippen LogP contribution in [0.1, 0.15) is 33.6 Å². The van der Waals surface area contributed by atoms with Gasteiger partial charge in [0.1, 0.15) is 6.04 Å².